The highest BCUT2D eigenvalue weighted by Crippen LogP contribution is 2.36. The van der Waals surface area contributed by atoms with Gasteiger partial charge in [-0.15, -0.1) is 0 Å². The molecule has 0 bridgehead atoms. The zero-order valence-electron chi connectivity index (χ0n) is 22.8. The molecule has 4 aromatic heterocycles. The monoisotopic (exact) mass is 538 g/mol. The molecule has 42 heavy (non-hydrogen) atoms. The molecule has 0 aliphatic heterocycles. The molecular weight excluding hydrogens is 512 g/mol. The van der Waals surface area contributed by atoms with Gasteiger partial charge in [0, 0.05) is 60.7 Å². The van der Waals surface area contributed by atoms with Gasteiger partial charge in [0.05, 0.1) is 0 Å². The van der Waals surface area contributed by atoms with Crippen LogP contribution in [0.1, 0.15) is 0 Å². The highest BCUT2D eigenvalue weighted by molar-refractivity contribution is 5.85. The number of pyridine rings is 4. The molecule has 0 fully saturated rings. The Kier molecular flexibility index (Phi) is 6.85. The van der Waals surface area contributed by atoms with E-state index in [0.29, 0.717) is 0 Å². The van der Waals surface area contributed by atoms with Crippen LogP contribution in [0, 0.1) is 0 Å². The van der Waals surface area contributed by atoms with Gasteiger partial charge in [-0.3, -0.25) is 19.9 Å². The number of rotatable bonds is 6. The molecule has 0 atom stereocenters. The minimum Gasteiger partial charge on any atom is -0.265 e. The minimum atomic E-state index is 1.05. The van der Waals surface area contributed by atoms with E-state index in [2.05, 4.69) is 81.7 Å². The van der Waals surface area contributed by atoms with E-state index in [1.54, 1.807) is 0 Å². The van der Waals surface area contributed by atoms with E-state index >= 15 is 0 Å². The smallest absolute Gasteiger partial charge is 0.0346 e. The van der Waals surface area contributed by atoms with E-state index in [-0.39, 0.29) is 0 Å². The van der Waals surface area contributed by atoms with E-state index < -0.39 is 0 Å². The maximum absolute atomic E-state index is 4.72. The summed E-state index contributed by atoms with van der Waals surface area (Å²) < 4.78 is 0. The molecule has 0 radical (unpaired) electrons. The number of nitrogens with zero attached hydrogens (tertiary/aromatic N) is 4. The molecule has 198 valence electrons. The topological polar surface area (TPSA) is 51.6 Å². The van der Waals surface area contributed by atoms with Gasteiger partial charge in [0.1, 0.15) is 0 Å². The molecule has 7 aromatic rings. The van der Waals surface area contributed by atoms with Gasteiger partial charge in [-0.05, 0) is 134 Å². The summed E-state index contributed by atoms with van der Waals surface area (Å²) in [4.78, 5) is 17.4. The normalized spacial score (nSPS) is 10.9. The number of benzene rings is 3. The molecule has 0 spiro atoms. The second kappa shape index (κ2) is 11.4. The van der Waals surface area contributed by atoms with Crippen LogP contribution in [0.15, 0.2) is 159 Å². The Morgan fingerprint density at radius 2 is 0.524 bits per heavy atom. The Bertz CT molecular complexity index is 1700. The summed E-state index contributed by atoms with van der Waals surface area (Å²) >= 11 is 0. The predicted octanol–water partition coefficient (Wildman–Crippen LogP) is 9.27. The fourth-order valence-electron chi connectivity index (χ4n) is 5.27. The maximum atomic E-state index is 4.72. The summed E-state index contributed by atoms with van der Waals surface area (Å²) in [5.41, 5.74) is 13.4. The quantitative estimate of drug-likeness (QED) is 0.212. The molecule has 0 aliphatic carbocycles. The average Bonchev–Trinajstić information content (AvgIpc) is 3.09. The Labute approximate surface area is 245 Å². The zero-order chi connectivity index (χ0) is 28.1. The van der Waals surface area contributed by atoms with Gasteiger partial charge in [-0.2, -0.15) is 0 Å². The van der Waals surface area contributed by atoms with Gasteiger partial charge in [0.2, 0.25) is 0 Å². The average molecular weight is 539 g/mol. The minimum absolute atomic E-state index is 1.05. The Morgan fingerprint density at radius 3 is 0.881 bits per heavy atom. The fraction of sp³-hybridized carbons (Fsp3) is 0. The Morgan fingerprint density at radius 1 is 0.238 bits per heavy atom. The van der Waals surface area contributed by atoms with Gasteiger partial charge >= 0.3 is 0 Å². The largest absolute Gasteiger partial charge is 0.265 e. The van der Waals surface area contributed by atoms with Crippen molar-refractivity contribution >= 4 is 0 Å². The standard InChI is InChI=1S/C38H26N4/c1-2-4-27(5-3-1)31-18-32(28-6-12-39-13-7-28)21-35(20-31)37-24-38(26-42-25-37)36-22-33(29-8-14-40-15-9-29)19-34(23-36)30-10-16-41-17-11-30/h1-26H. The molecule has 4 heterocycles. The molecule has 4 nitrogen and oxygen atoms in total. The van der Waals surface area contributed by atoms with Crippen LogP contribution in [0.3, 0.4) is 0 Å². The van der Waals surface area contributed by atoms with Gasteiger partial charge in [-0.1, -0.05) is 30.3 Å². The van der Waals surface area contributed by atoms with Crippen molar-refractivity contribution in [1.29, 1.82) is 0 Å². The molecule has 0 saturated heterocycles. The van der Waals surface area contributed by atoms with Crippen molar-refractivity contribution < 1.29 is 0 Å². The first kappa shape index (κ1) is 25.2. The van der Waals surface area contributed by atoms with Gasteiger partial charge in [-0.25, -0.2) is 0 Å². The molecule has 4 heteroatoms. The van der Waals surface area contributed by atoms with E-state index in [0.717, 1.165) is 61.2 Å². The molecule has 0 saturated carbocycles. The van der Waals surface area contributed by atoms with Gasteiger partial charge in [0.15, 0.2) is 0 Å². The van der Waals surface area contributed by atoms with Crippen LogP contribution in [-0.2, 0) is 0 Å². The SMILES string of the molecule is c1ccc(-c2cc(-c3ccncc3)cc(-c3cncc(-c4cc(-c5ccncc5)cc(-c5ccncc5)c4)c3)c2)cc1. The third kappa shape index (κ3) is 5.34. The van der Waals surface area contributed by atoms with Crippen LogP contribution in [-0.4, -0.2) is 19.9 Å². The summed E-state index contributed by atoms with van der Waals surface area (Å²) in [5.74, 6) is 0. The molecule has 0 unspecified atom stereocenters. The van der Waals surface area contributed by atoms with Crippen molar-refractivity contribution in [3.05, 3.63) is 159 Å². The van der Waals surface area contributed by atoms with Crippen LogP contribution in [0.5, 0.6) is 0 Å². The van der Waals surface area contributed by atoms with E-state index in [9.17, 15) is 0 Å². The third-order valence-electron chi connectivity index (χ3n) is 7.42. The van der Waals surface area contributed by atoms with E-state index in [4.69, 9.17) is 4.98 Å². The highest BCUT2D eigenvalue weighted by atomic mass is 14.6. The lowest BCUT2D eigenvalue weighted by molar-refractivity contribution is 1.32. The van der Waals surface area contributed by atoms with E-state index in [1.807, 2.05) is 92.0 Å². The highest BCUT2D eigenvalue weighted by Gasteiger charge is 2.11. The zero-order valence-corrected chi connectivity index (χ0v) is 22.8. The summed E-state index contributed by atoms with van der Waals surface area (Å²) in [7, 11) is 0. The second-order valence-corrected chi connectivity index (χ2v) is 10.1. The van der Waals surface area contributed by atoms with Gasteiger partial charge < -0.3 is 0 Å². The molecule has 7 rings (SSSR count). The lowest BCUT2D eigenvalue weighted by Gasteiger charge is -2.13. The predicted molar refractivity (Wildman–Crippen MR) is 170 cm³/mol. The maximum Gasteiger partial charge on any atom is 0.0346 e. The van der Waals surface area contributed by atoms with Crippen molar-refractivity contribution in [2.24, 2.45) is 0 Å². The molecule has 0 aliphatic rings. The Hall–Kier alpha value is -5.74. The van der Waals surface area contributed by atoms with Crippen molar-refractivity contribution in [1.82, 2.24) is 19.9 Å². The van der Waals surface area contributed by atoms with Crippen molar-refractivity contribution in [2.75, 3.05) is 0 Å². The van der Waals surface area contributed by atoms with Crippen LogP contribution in [0.2, 0.25) is 0 Å². The number of hydrogen-bond acceptors (Lipinski definition) is 4. The van der Waals surface area contributed by atoms with Gasteiger partial charge in [0.25, 0.3) is 0 Å². The lowest BCUT2D eigenvalue weighted by Crippen LogP contribution is -1.90. The Balaban J connectivity index is 1.37. The summed E-state index contributed by atoms with van der Waals surface area (Å²) in [6.07, 6.45) is 14.9. The fourth-order valence-corrected chi connectivity index (χ4v) is 5.27. The number of hydrogen-bond donors (Lipinski definition) is 0. The second-order valence-electron chi connectivity index (χ2n) is 10.1. The number of aromatic nitrogens is 4. The lowest BCUT2D eigenvalue weighted by atomic mass is 9.92. The van der Waals surface area contributed by atoms with Crippen LogP contribution < -0.4 is 0 Å². The summed E-state index contributed by atoms with van der Waals surface area (Å²) in [5, 5.41) is 0. The van der Waals surface area contributed by atoms with Crippen LogP contribution >= 0.6 is 0 Å². The van der Waals surface area contributed by atoms with E-state index in [1.165, 1.54) is 5.56 Å². The van der Waals surface area contributed by atoms with Crippen LogP contribution in [0.25, 0.3) is 66.8 Å². The molecule has 0 amide bonds. The molecule has 0 N–H and O–H groups in total. The van der Waals surface area contributed by atoms with Crippen molar-refractivity contribution in [3.63, 3.8) is 0 Å². The van der Waals surface area contributed by atoms with Crippen LogP contribution in [0.4, 0.5) is 0 Å². The first-order chi connectivity index (χ1) is 20.8. The summed E-state index contributed by atoms with van der Waals surface area (Å²) in [6, 6.07) is 38.4. The summed E-state index contributed by atoms with van der Waals surface area (Å²) in [6.45, 7) is 0. The first-order valence-corrected chi connectivity index (χ1v) is 13.8. The first-order valence-electron chi connectivity index (χ1n) is 13.8. The van der Waals surface area contributed by atoms with Crippen molar-refractivity contribution in [2.45, 2.75) is 0 Å². The molecular formula is C38H26N4. The molecule has 3 aromatic carbocycles. The third-order valence-corrected chi connectivity index (χ3v) is 7.42. The van der Waals surface area contributed by atoms with Crippen molar-refractivity contribution in [3.8, 4) is 66.8 Å².